The summed E-state index contributed by atoms with van der Waals surface area (Å²) in [6.45, 7) is 6.36. The zero-order valence-corrected chi connectivity index (χ0v) is 44.8. The van der Waals surface area contributed by atoms with E-state index in [0.717, 1.165) is 109 Å². The van der Waals surface area contributed by atoms with Gasteiger partial charge in [-0.3, -0.25) is 14.4 Å². The summed E-state index contributed by atoms with van der Waals surface area (Å²) in [5.41, 5.74) is 0. The number of hydrogen-bond donors (Lipinski definition) is 0. The molecule has 0 aliphatic carbocycles. The molecule has 0 aliphatic rings. The van der Waals surface area contributed by atoms with Crippen LogP contribution in [0.3, 0.4) is 0 Å². The van der Waals surface area contributed by atoms with Gasteiger partial charge in [0, 0.05) is 19.3 Å². The minimum Gasteiger partial charge on any atom is -0.462 e. The summed E-state index contributed by atoms with van der Waals surface area (Å²) < 4.78 is 16.7. The lowest BCUT2D eigenvalue weighted by Crippen LogP contribution is -2.30. The first-order chi connectivity index (χ1) is 34.0. The molecule has 0 aromatic heterocycles. The molecular formula is C63H104O6. The number of allylic oxidation sites excluding steroid dienone is 18. The highest BCUT2D eigenvalue weighted by molar-refractivity contribution is 5.71. The van der Waals surface area contributed by atoms with Crippen LogP contribution in [0.25, 0.3) is 0 Å². The van der Waals surface area contributed by atoms with E-state index in [1.165, 1.54) is 96.3 Å². The van der Waals surface area contributed by atoms with Crippen LogP contribution in [0.5, 0.6) is 0 Å². The van der Waals surface area contributed by atoms with Gasteiger partial charge in [0.15, 0.2) is 6.10 Å². The van der Waals surface area contributed by atoms with Crippen LogP contribution in [0.4, 0.5) is 0 Å². The van der Waals surface area contributed by atoms with Gasteiger partial charge < -0.3 is 14.2 Å². The maximum absolute atomic E-state index is 12.8. The fourth-order valence-corrected chi connectivity index (χ4v) is 7.50. The summed E-state index contributed by atoms with van der Waals surface area (Å²) >= 11 is 0. The van der Waals surface area contributed by atoms with Crippen molar-refractivity contribution in [2.45, 2.75) is 258 Å². The molecule has 0 fully saturated rings. The summed E-state index contributed by atoms with van der Waals surface area (Å²) in [7, 11) is 0. The lowest BCUT2D eigenvalue weighted by Gasteiger charge is -2.18. The standard InChI is InChI=1S/C63H104O6/c1-4-7-10-13-16-19-22-25-26-27-28-29-30-31-32-33-34-35-36-39-41-44-47-50-53-56-62(65)68-59-60(69-63(66)57-54-51-48-45-42-38-24-21-18-15-12-9-6-3)58-67-61(64)55-52-49-46-43-40-37-23-20-17-14-11-8-5-2/h9,11-12,14,18,20-23,25,27-28,30-31,38,42,48,51,60H,4-8,10,13,15-17,19,24,26,29,32-37,39-41,43-47,49-50,52-59H2,1-3H3/b12-9-,14-11-,21-18-,23-20-,25-22-,28-27-,31-30-,42-38-,51-48-. The summed E-state index contributed by atoms with van der Waals surface area (Å²) in [6, 6.07) is 0. The average molecular weight is 958 g/mol. The van der Waals surface area contributed by atoms with E-state index in [1.54, 1.807) is 0 Å². The highest BCUT2D eigenvalue weighted by Crippen LogP contribution is 2.14. The first-order valence-corrected chi connectivity index (χ1v) is 28.4. The topological polar surface area (TPSA) is 78.9 Å². The predicted molar refractivity (Wildman–Crippen MR) is 297 cm³/mol. The predicted octanol–water partition coefficient (Wildman–Crippen LogP) is 19.1. The van der Waals surface area contributed by atoms with Crippen molar-refractivity contribution in [3.05, 3.63) is 109 Å². The van der Waals surface area contributed by atoms with E-state index in [2.05, 4.69) is 118 Å². The Kier molecular flexibility index (Phi) is 53.4. The molecule has 69 heavy (non-hydrogen) atoms. The minimum absolute atomic E-state index is 0.115. The minimum atomic E-state index is -0.825. The largest absolute Gasteiger partial charge is 0.462 e. The van der Waals surface area contributed by atoms with Crippen LogP contribution in [0, 0.1) is 0 Å². The molecule has 0 aromatic carbocycles. The first kappa shape index (κ1) is 65.1. The van der Waals surface area contributed by atoms with E-state index in [-0.39, 0.29) is 31.6 Å². The van der Waals surface area contributed by atoms with Crippen LogP contribution in [0.2, 0.25) is 0 Å². The quantitative estimate of drug-likeness (QED) is 0.0262. The molecule has 0 heterocycles. The van der Waals surface area contributed by atoms with Crippen molar-refractivity contribution in [2.75, 3.05) is 13.2 Å². The van der Waals surface area contributed by atoms with Crippen LogP contribution in [-0.2, 0) is 28.6 Å². The normalized spacial score (nSPS) is 12.9. The van der Waals surface area contributed by atoms with Gasteiger partial charge in [-0.2, -0.15) is 0 Å². The van der Waals surface area contributed by atoms with E-state index in [1.807, 2.05) is 12.2 Å². The lowest BCUT2D eigenvalue weighted by molar-refractivity contribution is -0.166. The van der Waals surface area contributed by atoms with Crippen molar-refractivity contribution in [2.24, 2.45) is 0 Å². The van der Waals surface area contributed by atoms with Crippen LogP contribution in [0.1, 0.15) is 252 Å². The Morgan fingerprint density at radius 2 is 0.623 bits per heavy atom. The fraction of sp³-hybridized carbons (Fsp3) is 0.667. The highest BCUT2D eigenvalue weighted by atomic mass is 16.6. The van der Waals surface area contributed by atoms with E-state index in [4.69, 9.17) is 14.2 Å². The van der Waals surface area contributed by atoms with Gasteiger partial charge in [0.05, 0.1) is 0 Å². The molecule has 0 rings (SSSR count). The molecule has 0 bridgehead atoms. The summed E-state index contributed by atoms with van der Waals surface area (Å²) in [5, 5.41) is 0. The Hall–Kier alpha value is -3.93. The zero-order chi connectivity index (χ0) is 50.0. The summed E-state index contributed by atoms with van der Waals surface area (Å²) in [5.74, 6) is -1.02. The van der Waals surface area contributed by atoms with Gasteiger partial charge in [0.1, 0.15) is 13.2 Å². The van der Waals surface area contributed by atoms with Gasteiger partial charge in [-0.1, -0.05) is 233 Å². The molecule has 0 aromatic rings. The number of rotatable bonds is 50. The van der Waals surface area contributed by atoms with E-state index < -0.39 is 12.1 Å². The second-order valence-corrected chi connectivity index (χ2v) is 18.5. The summed E-state index contributed by atoms with van der Waals surface area (Å²) in [6.07, 6.45) is 76.7. The highest BCUT2D eigenvalue weighted by Gasteiger charge is 2.19. The van der Waals surface area contributed by atoms with E-state index in [9.17, 15) is 14.4 Å². The maximum atomic E-state index is 12.8. The van der Waals surface area contributed by atoms with Gasteiger partial charge in [0.25, 0.3) is 0 Å². The van der Waals surface area contributed by atoms with Gasteiger partial charge in [-0.05, 0) is 109 Å². The average Bonchev–Trinajstić information content (AvgIpc) is 3.35. The molecule has 6 nitrogen and oxygen atoms in total. The van der Waals surface area contributed by atoms with Crippen LogP contribution in [0.15, 0.2) is 109 Å². The van der Waals surface area contributed by atoms with Gasteiger partial charge in [-0.15, -0.1) is 0 Å². The molecule has 1 unspecified atom stereocenters. The Labute approximate surface area is 425 Å². The smallest absolute Gasteiger partial charge is 0.306 e. The molecule has 0 saturated carbocycles. The van der Waals surface area contributed by atoms with Crippen molar-refractivity contribution >= 4 is 17.9 Å². The third-order valence-electron chi connectivity index (χ3n) is 11.7. The molecule has 1 atom stereocenters. The van der Waals surface area contributed by atoms with Crippen molar-refractivity contribution < 1.29 is 28.6 Å². The second kappa shape index (κ2) is 56.7. The van der Waals surface area contributed by atoms with E-state index in [0.29, 0.717) is 19.3 Å². The second-order valence-electron chi connectivity index (χ2n) is 18.5. The van der Waals surface area contributed by atoms with Crippen LogP contribution in [-0.4, -0.2) is 37.2 Å². The lowest BCUT2D eigenvalue weighted by atomic mass is 10.1. The SMILES string of the molecule is CC/C=C\C/C=C\C/C=C\C/C=C\CCC(=O)OC(COC(=O)CCCCCCC/C=C\C/C=C\CCC)COC(=O)CCCCCCCCCCCC/C=C\C/C=C\C/C=C\CCCCCCC. The zero-order valence-electron chi connectivity index (χ0n) is 44.8. The molecular weight excluding hydrogens is 853 g/mol. The van der Waals surface area contributed by atoms with Crippen LogP contribution >= 0.6 is 0 Å². The maximum Gasteiger partial charge on any atom is 0.306 e. The Balaban J connectivity index is 4.36. The molecule has 0 radical (unpaired) electrons. The monoisotopic (exact) mass is 957 g/mol. The third kappa shape index (κ3) is 54.9. The number of unbranched alkanes of at least 4 members (excludes halogenated alkanes) is 21. The molecule has 0 saturated heterocycles. The number of carbonyl (C=O) groups excluding carboxylic acids is 3. The van der Waals surface area contributed by atoms with Crippen LogP contribution < -0.4 is 0 Å². The van der Waals surface area contributed by atoms with Crippen molar-refractivity contribution in [1.82, 2.24) is 0 Å². The Morgan fingerprint density at radius 1 is 0.304 bits per heavy atom. The summed E-state index contributed by atoms with van der Waals surface area (Å²) in [4.78, 5) is 38.0. The van der Waals surface area contributed by atoms with Crippen molar-refractivity contribution in [1.29, 1.82) is 0 Å². The number of carbonyl (C=O) groups is 3. The number of ether oxygens (including phenoxy) is 3. The first-order valence-electron chi connectivity index (χ1n) is 28.4. The molecule has 0 aliphatic heterocycles. The van der Waals surface area contributed by atoms with Crippen molar-refractivity contribution in [3.8, 4) is 0 Å². The Morgan fingerprint density at radius 3 is 1.00 bits per heavy atom. The molecule has 6 heteroatoms. The van der Waals surface area contributed by atoms with Gasteiger partial charge in [0.2, 0.25) is 0 Å². The molecule has 0 N–H and O–H groups in total. The van der Waals surface area contributed by atoms with Crippen molar-refractivity contribution in [3.63, 3.8) is 0 Å². The van der Waals surface area contributed by atoms with E-state index >= 15 is 0 Å². The molecule has 0 spiro atoms. The molecule has 0 amide bonds. The number of hydrogen-bond acceptors (Lipinski definition) is 6. The Bertz CT molecular complexity index is 1420. The molecule has 392 valence electrons. The van der Waals surface area contributed by atoms with Gasteiger partial charge >= 0.3 is 17.9 Å². The fourth-order valence-electron chi connectivity index (χ4n) is 7.50. The third-order valence-corrected chi connectivity index (χ3v) is 11.7. The van der Waals surface area contributed by atoms with Gasteiger partial charge in [-0.25, -0.2) is 0 Å². The number of esters is 3.